The van der Waals surface area contributed by atoms with Crippen molar-refractivity contribution >= 4 is 29.2 Å². The van der Waals surface area contributed by atoms with Crippen molar-refractivity contribution in [2.24, 2.45) is 5.92 Å². The summed E-state index contributed by atoms with van der Waals surface area (Å²) in [6.45, 7) is 5.40. The molecule has 4 amide bonds. The third-order valence-corrected chi connectivity index (χ3v) is 8.70. The molecule has 35 heavy (non-hydrogen) atoms. The Kier molecular flexibility index (Phi) is 6.88. The van der Waals surface area contributed by atoms with E-state index in [1.54, 1.807) is 16.2 Å². The molecule has 2 saturated heterocycles. The second kappa shape index (κ2) is 10.1. The van der Waals surface area contributed by atoms with Gasteiger partial charge in [0, 0.05) is 43.7 Å². The van der Waals surface area contributed by atoms with Crippen LogP contribution in [0.1, 0.15) is 44.7 Å². The summed E-state index contributed by atoms with van der Waals surface area (Å²) in [4.78, 5) is 48.7. The van der Waals surface area contributed by atoms with Gasteiger partial charge in [-0.05, 0) is 31.6 Å². The molecule has 0 bridgehead atoms. The van der Waals surface area contributed by atoms with Gasteiger partial charge >= 0.3 is 6.03 Å². The Morgan fingerprint density at radius 3 is 2.51 bits per heavy atom. The number of nitrogens with zero attached hydrogens (tertiary/aromatic N) is 4. The van der Waals surface area contributed by atoms with Gasteiger partial charge in [0.05, 0.1) is 5.69 Å². The number of rotatable bonds is 6. The van der Waals surface area contributed by atoms with Crippen molar-refractivity contribution in [2.45, 2.75) is 51.1 Å². The molecule has 1 saturated carbocycles. The van der Waals surface area contributed by atoms with Crippen molar-refractivity contribution in [1.82, 2.24) is 25.0 Å². The fourth-order valence-electron chi connectivity index (χ4n) is 5.45. The summed E-state index contributed by atoms with van der Waals surface area (Å²) in [5, 5.41) is 6.04. The molecule has 5 rings (SSSR count). The van der Waals surface area contributed by atoms with E-state index in [0.29, 0.717) is 31.8 Å². The third-order valence-electron chi connectivity index (χ3n) is 7.76. The number of amides is 4. The smallest absolute Gasteiger partial charge is 0.325 e. The lowest BCUT2D eigenvalue weighted by atomic mass is 9.75. The molecular weight excluding hydrogens is 462 g/mol. The van der Waals surface area contributed by atoms with Crippen LogP contribution in [0.5, 0.6) is 0 Å². The molecule has 1 spiro atoms. The molecule has 3 fully saturated rings. The lowest BCUT2D eigenvalue weighted by molar-refractivity contribution is -0.140. The van der Waals surface area contributed by atoms with E-state index in [2.05, 4.69) is 34.7 Å². The summed E-state index contributed by atoms with van der Waals surface area (Å²) in [5.74, 6) is 0.237. The first-order valence-electron chi connectivity index (χ1n) is 12.6. The van der Waals surface area contributed by atoms with Gasteiger partial charge in [0.25, 0.3) is 5.91 Å². The van der Waals surface area contributed by atoms with Gasteiger partial charge in [0.2, 0.25) is 5.91 Å². The number of carbonyl (C=O) groups excluding carboxylic acids is 3. The number of piperazine rings is 1. The fraction of sp³-hybridized carbons (Fsp3) is 0.538. The van der Waals surface area contributed by atoms with Crippen LogP contribution in [0.25, 0.3) is 10.6 Å². The average molecular weight is 496 g/mol. The van der Waals surface area contributed by atoms with E-state index in [4.69, 9.17) is 4.98 Å². The van der Waals surface area contributed by atoms with Crippen LogP contribution in [0.2, 0.25) is 0 Å². The summed E-state index contributed by atoms with van der Waals surface area (Å²) >= 11 is 1.65. The molecule has 0 radical (unpaired) electrons. The molecule has 0 unspecified atom stereocenters. The normalized spacial score (nSPS) is 25.3. The highest BCUT2D eigenvalue weighted by Gasteiger charge is 2.52. The van der Waals surface area contributed by atoms with Gasteiger partial charge in [-0.3, -0.25) is 19.4 Å². The van der Waals surface area contributed by atoms with Gasteiger partial charge in [0.1, 0.15) is 17.1 Å². The zero-order valence-electron chi connectivity index (χ0n) is 20.2. The van der Waals surface area contributed by atoms with Crippen molar-refractivity contribution in [2.75, 3.05) is 32.7 Å². The van der Waals surface area contributed by atoms with E-state index in [9.17, 15) is 14.4 Å². The van der Waals surface area contributed by atoms with E-state index in [1.165, 1.54) is 0 Å². The summed E-state index contributed by atoms with van der Waals surface area (Å²) in [6, 6.07) is 9.74. The summed E-state index contributed by atoms with van der Waals surface area (Å²) in [6.07, 6.45) is 4.32. The minimum Gasteiger partial charge on any atom is -0.339 e. The molecule has 0 atom stereocenters. The summed E-state index contributed by atoms with van der Waals surface area (Å²) in [7, 11) is 0. The van der Waals surface area contributed by atoms with Crippen molar-refractivity contribution in [1.29, 1.82) is 0 Å². The minimum atomic E-state index is -0.798. The first-order valence-corrected chi connectivity index (χ1v) is 13.5. The largest absolute Gasteiger partial charge is 0.339 e. The predicted molar refractivity (Wildman–Crippen MR) is 135 cm³/mol. The zero-order valence-corrected chi connectivity index (χ0v) is 21.1. The number of carbonyl (C=O) groups is 3. The second-order valence-electron chi connectivity index (χ2n) is 9.92. The van der Waals surface area contributed by atoms with Gasteiger partial charge in [-0.25, -0.2) is 9.78 Å². The van der Waals surface area contributed by atoms with Crippen LogP contribution in [0.4, 0.5) is 4.79 Å². The predicted octanol–water partition coefficient (Wildman–Crippen LogP) is 3.35. The number of thiazole rings is 1. The van der Waals surface area contributed by atoms with E-state index >= 15 is 0 Å². The van der Waals surface area contributed by atoms with Crippen LogP contribution in [0.15, 0.2) is 35.7 Å². The average Bonchev–Trinajstić information content (AvgIpc) is 3.44. The number of hydrogen-bond acceptors (Lipinski definition) is 6. The van der Waals surface area contributed by atoms with Crippen LogP contribution in [0.3, 0.4) is 0 Å². The van der Waals surface area contributed by atoms with Crippen molar-refractivity contribution in [3.05, 3.63) is 41.4 Å². The Balaban J connectivity index is 1.11. The molecule has 2 aromatic rings. The van der Waals surface area contributed by atoms with Crippen LogP contribution in [0, 0.1) is 5.92 Å². The molecule has 1 N–H and O–H groups in total. The molecular formula is C26H33N5O3S. The number of imide groups is 1. The maximum Gasteiger partial charge on any atom is 0.325 e. The highest BCUT2D eigenvalue weighted by atomic mass is 32.1. The van der Waals surface area contributed by atoms with Crippen LogP contribution < -0.4 is 5.32 Å². The Bertz CT molecular complexity index is 1070. The van der Waals surface area contributed by atoms with Crippen molar-refractivity contribution < 1.29 is 14.4 Å². The maximum absolute atomic E-state index is 13.1. The fourth-order valence-corrected chi connectivity index (χ4v) is 6.27. The van der Waals surface area contributed by atoms with E-state index < -0.39 is 11.6 Å². The molecule has 186 valence electrons. The Labute approximate surface area is 210 Å². The second-order valence-corrected chi connectivity index (χ2v) is 10.8. The number of urea groups is 1. The zero-order chi connectivity index (χ0) is 24.4. The van der Waals surface area contributed by atoms with E-state index in [-0.39, 0.29) is 18.4 Å². The van der Waals surface area contributed by atoms with E-state index in [0.717, 1.165) is 60.1 Å². The molecule has 2 aliphatic heterocycles. The molecule has 1 aliphatic carbocycles. The number of aromatic nitrogens is 1. The number of nitrogens with one attached hydrogen (secondary N) is 1. The number of hydrogen-bond donors (Lipinski definition) is 1. The lowest BCUT2D eigenvalue weighted by Gasteiger charge is -2.35. The Morgan fingerprint density at radius 1 is 1.11 bits per heavy atom. The Morgan fingerprint density at radius 2 is 1.83 bits per heavy atom. The van der Waals surface area contributed by atoms with Gasteiger partial charge in [0.15, 0.2) is 0 Å². The third kappa shape index (κ3) is 4.97. The highest BCUT2D eigenvalue weighted by Crippen LogP contribution is 2.37. The van der Waals surface area contributed by atoms with Crippen molar-refractivity contribution in [3.63, 3.8) is 0 Å². The highest BCUT2D eigenvalue weighted by molar-refractivity contribution is 7.13. The monoisotopic (exact) mass is 495 g/mol. The first-order chi connectivity index (χ1) is 17.0. The van der Waals surface area contributed by atoms with Gasteiger partial charge in [-0.2, -0.15) is 0 Å². The van der Waals surface area contributed by atoms with Crippen molar-refractivity contribution in [3.8, 4) is 10.6 Å². The van der Waals surface area contributed by atoms with E-state index in [1.807, 2.05) is 18.2 Å². The maximum atomic E-state index is 13.1. The number of benzene rings is 1. The summed E-state index contributed by atoms with van der Waals surface area (Å²) in [5.41, 5.74) is 1.37. The molecule has 9 heteroatoms. The SMILES string of the molecule is CCC1CCC2(CC1)NC(=O)N(CC(=O)N1CCN(Cc3csc(-c4ccccc4)n3)CC1)C2=O. The molecule has 3 aliphatic rings. The van der Waals surface area contributed by atoms with Gasteiger partial charge in [-0.15, -0.1) is 11.3 Å². The standard InChI is InChI=1S/C26H33N5O3S/c1-2-19-8-10-26(11-9-19)24(33)31(25(34)28-26)17-22(32)30-14-12-29(13-15-30)16-21-18-35-23(27-21)20-6-4-3-5-7-20/h3-7,18-19H,2,8-17H2,1H3,(H,28,34). The quantitative estimate of drug-likeness (QED) is 0.622. The van der Waals surface area contributed by atoms with Crippen LogP contribution >= 0.6 is 11.3 Å². The Hall–Kier alpha value is -2.78. The van der Waals surface area contributed by atoms with Gasteiger partial charge in [-0.1, -0.05) is 43.7 Å². The summed E-state index contributed by atoms with van der Waals surface area (Å²) < 4.78 is 0. The lowest BCUT2D eigenvalue weighted by Crippen LogP contribution is -2.52. The first kappa shape index (κ1) is 23.9. The van der Waals surface area contributed by atoms with Gasteiger partial charge < -0.3 is 10.2 Å². The van der Waals surface area contributed by atoms with Crippen LogP contribution in [-0.4, -0.2) is 75.8 Å². The van der Waals surface area contributed by atoms with Crippen LogP contribution in [-0.2, 0) is 16.1 Å². The molecule has 3 heterocycles. The molecule has 1 aromatic heterocycles. The minimum absolute atomic E-state index is 0.160. The topological polar surface area (TPSA) is 85.8 Å². The molecule has 8 nitrogen and oxygen atoms in total. The molecule has 1 aromatic carbocycles.